The van der Waals surface area contributed by atoms with Crippen molar-refractivity contribution >= 4 is 0 Å². The first-order valence-electron chi connectivity index (χ1n) is 11.2. The van der Waals surface area contributed by atoms with Crippen LogP contribution in [-0.4, -0.2) is 11.0 Å². The maximum absolute atomic E-state index is 4.21. The highest BCUT2D eigenvalue weighted by atomic mass is 14.9. The van der Waals surface area contributed by atoms with Crippen molar-refractivity contribution in [2.24, 2.45) is 11.8 Å². The number of nitrogens with one attached hydrogen (secondary N) is 1. The predicted octanol–water partition coefficient (Wildman–Crippen LogP) is 6.18. The van der Waals surface area contributed by atoms with Crippen molar-refractivity contribution < 1.29 is 0 Å². The van der Waals surface area contributed by atoms with Gasteiger partial charge >= 0.3 is 0 Å². The minimum absolute atomic E-state index is 0.693. The molecule has 3 fully saturated rings. The van der Waals surface area contributed by atoms with Gasteiger partial charge in [-0.25, -0.2) is 0 Å². The lowest BCUT2D eigenvalue weighted by molar-refractivity contribution is 0.211. The highest BCUT2D eigenvalue weighted by Crippen LogP contribution is 2.42. The molecule has 4 rings (SSSR count). The van der Waals surface area contributed by atoms with Crippen molar-refractivity contribution in [3.63, 3.8) is 0 Å². The van der Waals surface area contributed by atoms with Gasteiger partial charge < -0.3 is 5.32 Å². The van der Waals surface area contributed by atoms with Crippen LogP contribution in [0.3, 0.4) is 0 Å². The number of nitrogens with zero attached hydrogens (tertiary/aromatic N) is 1. The first-order chi connectivity index (χ1) is 12.9. The Kier molecular flexibility index (Phi) is 6.43. The molecule has 1 aromatic heterocycles. The molecule has 0 saturated heterocycles. The third kappa shape index (κ3) is 4.76. The molecule has 0 bridgehead atoms. The molecule has 1 N–H and O–H groups in total. The molecule has 0 atom stereocenters. The molecule has 3 aliphatic rings. The molecule has 1 aromatic rings. The molecule has 0 amide bonds. The molecule has 26 heavy (non-hydrogen) atoms. The first-order valence-corrected chi connectivity index (χ1v) is 11.2. The summed E-state index contributed by atoms with van der Waals surface area (Å²) in [4.78, 5) is 4.21. The second-order valence-corrected chi connectivity index (χ2v) is 8.96. The van der Waals surface area contributed by atoms with Crippen molar-refractivity contribution in [2.75, 3.05) is 0 Å². The number of hydrogen-bond donors (Lipinski definition) is 1. The Bertz CT molecular complexity index is 565. The lowest BCUT2D eigenvalue weighted by atomic mass is 9.71. The molecule has 0 unspecified atom stereocenters. The number of pyridine rings is 1. The molecular weight excluding hydrogens is 316 g/mol. The fourth-order valence-corrected chi connectivity index (χ4v) is 5.71. The third-order valence-electron chi connectivity index (χ3n) is 7.36. The largest absolute Gasteiger partial charge is 0.310 e. The summed E-state index contributed by atoms with van der Waals surface area (Å²) < 4.78 is 0. The minimum Gasteiger partial charge on any atom is -0.310 e. The predicted molar refractivity (Wildman–Crippen MR) is 109 cm³/mol. The topological polar surface area (TPSA) is 24.9 Å². The van der Waals surface area contributed by atoms with Crippen LogP contribution in [0.15, 0.2) is 35.7 Å². The van der Waals surface area contributed by atoms with Crippen LogP contribution in [0.5, 0.6) is 0 Å². The summed E-state index contributed by atoms with van der Waals surface area (Å²) in [7, 11) is 0. The van der Waals surface area contributed by atoms with E-state index in [4.69, 9.17) is 0 Å². The number of allylic oxidation sites excluding steroid dienone is 2. The quantitative estimate of drug-likeness (QED) is 0.654. The summed E-state index contributed by atoms with van der Waals surface area (Å²) in [6, 6.07) is 4.89. The van der Waals surface area contributed by atoms with Gasteiger partial charge in [-0.3, -0.25) is 4.98 Å². The van der Waals surface area contributed by atoms with Crippen LogP contribution in [0.2, 0.25) is 0 Å². The van der Waals surface area contributed by atoms with Gasteiger partial charge in [-0.15, -0.1) is 0 Å². The van der Waals surface area contributed by atoms with Gasteiger partial charge in [-0.1, -0.05) is 49.3 Å². The summed E-state index contributed by atoms with van der Waals surface area (Å²) >= 11 is 0. The van der Waals surface area contributed by atoms with Crippen LogP contribution in [-0.2, 0) is 6.54 Å². The molecule has 0 aliphatic heterocycles. The Morgan fingerprint density at radius 2 is 1.46 bits per heavy atom. The van der Waals surface area contributed by atoms with Crippen molar-refractivity contribution in [3.05, 3.63) is 41.2 Å². The second kappa shape index (κ2) is 9.17. The van der Waals surface area contributed by atoms with E-state index < -0.39 is 0 Å². The summed E-state index contributed by atoms with van der Waals surface area (Å²) in [5, 5.41) is 3.75. The smallest absolute Gasteiger partial charge is 0.0312 e. The first kappa shape index (κ1) is 18.2. The SMILES string of the molecule is c1cncc(CNC2CCC(=C3CCC(C4CCCCC4)CC3)CC2)c1. The zero-order valence-corrected chi connectivity index (χ0v) is 16.4. The van der Waals surface area contributed by atoms with E-state index in [1.54, 1.807) is 0 Å². The van der Waals surface area contributed by atoms with Crippen molar-refractivity contribution in [1.29, 1.82) is 0 Å². The van der Waals surface area contributed by atoms with Gasteiger partial charge in [-0.05, 0) is 74.8 Å². The Morgan fingerprint density at radius 3 is 2.12 bits per heavy atom. The van der Waals surface area contributed by atoms with Crippen LogP contribution >= 0.6 is 0 Å². The molecule has 2 nitrogen and oxygen atoms in total. The monoisotopic (exact) mass is 352 g/mol. The summed E-state index contributed by atoms with van der Waals surface area (Å²) in [6.07, 6.45) is 22.5. The molecule has 142 valence electrons. The highest BCUT2D eigenvalue weighted by Gasteiger charge is 2.28. The maximum atomic E-state index is 4.21. The second-order valence-electron chi connectivity index (χ2n) is 8.96. The lowest BCUT2D eigenvalue weighted by Gasteiger charge is -2.35. The molecule has 0 radical (unpaired) electrons. The van der Waals surface area contributed by atoms with E-state index in [0.29, 0.717) is 6.04 Å². The van der Waals surface area contributed by atoms with Gasteiger partial charge in [0.1, 0.15) is 0 Å². The number of hydrogen-bond acceptors (Lipinski definition) is 2. The third-order valence-corrected chi connectivity index (χ3v) is 7.36. The zero-order valence-electron chi connectivity index (χ0n) is 16.4. The molecule has 0 aromatic carbocycles. The highest BCUT2D eigenvalue weighted by molar-refractivity contribution is 5.19. The fourth-order valence-electron chi connectivity index (χ4n) is 5.71. The van der Waals surface area contributed by atoms with E-state index in [0.717, 1.165) is 18.4 Å². The molecule has 3 aliphatic carbocycles. The van der Waals surface area contributed by atoms with Crippen LogP contribution in [0, 0.1) is 11.8 Å². The average Bonchev–Trinajstić information content (AvgIpc) is 2.74. The van der Waals surface area contributed by atoms with E-state index in [-0.39, 0.29) is 0 Å². The van der Waals surface area contributed by atoms with Crippen molar-refractivity contribution in [2.45, 2.75) is 96.1 Å². The standard InChI is InChI=1S/C24H36N2/c1-2-6-20(7-3-1)21-8-10-22(11-9-21)23-12-14-24(15-13-23)26-18-19-5-4-16-25-17-19/h4-5,16-17,20-21,24,26H,1-3,6-15,18H2. The Hall–Kier alpha value is -1.15. The Labute approximate surface area is 159 Å². The van der Waals surface area contributed by atoms with E-state index in [1.165, 1.54) is 89.0 Å². The van der Waals surface area contributed by atoms with Gasteiger partial charge in [0.2, 0.25) is 0 Å². The van der Waals surface area contributed by atoms with E-state index >= 15 is 0 Å². The molecule has 0 spiro atoms. The van der Waals surface area contributed by atoms with E-state index in [1.807, 2.05) is 29.6 Å². The van der Waals surface area contributed by atoms with Crippen molar-refractivity contribution in [3.8, 4) is 0 Å². The van der Waals surface area contributed by atoms with Gasteiger partial charge in [-0.2, -0.15) is 0 Å². The Morgan fingerprint density at radius 1 is 0.808 bits per heavy atom. The van der Waals surface area contributed by atoms with Gasteiger partial charge in [0, 0.05) is 25.0 Å². The molecule has 2 heteroatoms. The zero-order chi connectivity index (χ0) is 17.6. The van der Waals surface area contributed by atoms with Crippen LogP contribution in [0.25, 0.3) is 0 Å². The summed E-state index contributed by atoms with van der Waals surface area (Å²) in [5.74, 6) is 2.12. The minimum atomic E-state index is 0.693. The van der Waals surface area contributed by atoms with Crippen LogP contribution in [0.1, 0.15) is 89.0 Å². The molecular formula is C24H36N2. The summed E-state index contributed by atoms with van der Waals surface area (Å²) in [6.45, 7) is 0.966. The maximum Gasteiger partial charge on any atom is 0.0312 e. The normalized spacial score (nSPS) is 28.3. The van der Waals surface area contributed by atoms with Gasteiger partial charge in [0.15, 0.2) is 0 Å². The number of rotatable bonds is 4. The Balaban J connectivity index is 1.21. The number of aromatic nitrogens is 1. The van der Waals surface area contributed by atoms with E-state index in [2.05, 4.69) is 16.4 Å². The fraction of sp³-hybridized carbons (Fsp3) is 0.708. The van der Waals surface area contributed by atoms with Gasteiger partial charge in [0.05, 0.1) is 0 Å². The van der Waals surface area contributed by atoms with Crippen LogP contribution in [0.4, 0.5) is 0 Å². The van der Waals surface area contributed by atoms with Gasteiger partial charge in [0.25, 0.3) is 0 Å². The van der Waals surface area contributed by atoms with Crippen LogP contribution < -0.4 is 5.32 Å². The molecule has 1 heterocycles. The summed E-state index contributed by atoms with van der Waals surface area (Å²) in [5.41, 5.74) is 5.01. The molecule has 3 saturated carbocycles. The van der Waals surface area contributed by atoms with Crippen molar-refractivity contribution in [1.82, 2.24) is 10.3 Å². The average molecular weight is 353 g/mol. The lowest BCUT2D eigenvalue weighted by Crippen LogP contribution is -2.31. The van der Waals surface area contributed by atoms with E-state index in [9.17, 15) is 0 Å².